The van der Waals surface area contributed by atoms with Gasteiger partial charge in [-0.25, -0.2) is 0 Å². The fourth-order valence-corrected chi connectivity index (χ4v) is 2.88. The van der Waals surface area contributed by atoms with E-state index in [1.807, 2.05) is 6.92 Å². The van der Waals surface area contributed by atoms with E-state index in [1.165, 1.54) is 0 Å². The fourth-order valence-electron chi connectivity index (χ4n) is 2.88. The van der Waals surface area contributed by atoms with Crippen LogP contribution in [0, 0.1) is 17.8 Å². The number of carbonyl (C=O) groups excluding carboxylic acids is 1. The maximum atomic E-state index is 11.1. The quantitative estimate of drug-likeness (QED) is 0.566. The Bertz CT molecular complexity index is 238. The first kappa shape index (κ1) is 6.89. The summed E-state index contributed by atoms with van der Waals surface area (Å²) in [6.45, 7) is 2.72. The lowest BCUT2D eigenvalue weighted by atomic mass is 9.51. The Morgan fingerprint density at radius 1 is 1.67 bits per heavy atom. The highest BCUT2D eigenvalue weighted by Gasteiger charge is 2.70. The molecular weight excluding hydrogens is 156 g/mol. The Morgan fingerprint density at radius 2 is 2.50 bits per heavy atom. The molecule has 5 unspecified atom stereocenters. The summed E-state index contributed by atoms with van der Waals surface area (Å²) in [6, 6.07) is 0. The second-order valence-electron chi connectivity index (χ2n) is 3.90. The zero-order valence-electron chi connectivity index (χ0n) is 7.03. The highest BCUT2D eigenvalue weighted by molar-refractivity contribution is 5.78. The molecule has 12 heavy (non-hydrogen) atoms. The molecule has 2 aliphatic carbocycles. The van der Waals surface area contributed by atoms with Gasteiger partial charge in [-0.3, -0.25) is 4.79 Å². The van der Waals surface area contributed by atoms with Gasteiger partial charge in [0.15, 0.2) is 0 Å². The van der Waals surface area contributed by atoms with Gasteiger partial charge in [0.05, 0.1) is 12.0 Å². The predicted octanol–water partition coefficient (Wildman–Crippen LogP) is 0.583. The average molecular weight is 168 g/mol. The highest BCUT2D eigenvalue weighted by atomic mass is 16.6. The van der Waals surface area contributed by atoms with E-state index in [0.717, 1.165) is 13.0 Å². The third kappa shape index (κ3) is 0.565. The molecule has 1 saturated heterocycles. The van der Waals surface area contributed by atoms with Gasteiger partial charge in [0.1, 0.15) is 6.10 Å². The van der Waals surface area contributed by atoms with Gasteiger partial charge < -0.3 is 9.47 Å². The molecule has 0 aromatic rings. The zero-order chi connectivity index (χ0) is 8.29. The first-order valence-electron chi connectivity index (χ1n) is 4.65. The molecule has 5 atom stereocenters. The molecule has 3 aliphatic rings. The van der Waals surface area contributed by atoms with Crippen molar-refractivity contribution in [1.29, 1.82) is 0 Å². The summed E-state index contributed by atoms with van der Waals surface area (Å²) >= 11 is 0. The van der Waals surface area contributed by atoms with Crippen molar-refractivity contribution in [2.45, 2.75) is 25.6 Å². The smallest absolute Gasteiger partial charge is 0.309 e. The summed E-state index contributed by atoms with van der Waals surface area (Å²) in [7, 11) is 0. The van der Waals surface area contributed by atoms with Gasteiger partial charge in [-0.05, 0) is 19.3 Å². The number of rotatable bonds is 2. The van der Waals surface area contributed by atoms with Crippen molar-refractivity contribution in [2.24, 2.45) is 17.8 Å². The van der Waals surface area contributed by atoms with Crippen molar-refractivity contribution in [3.8, 4) is 0 Å². The third-order valence-electron chi connectivity index (χ3n) is 3.52. The van der Waals surface area contributed by atoms with Gasteiger partial charge >= 0.3 is 5.97 Å². The van der Waals surface area contributed by atoms with E-state index in [4.69, 9.17) is 9.47 Å². The van der Waals surface area contributed by atoms with Gasteiger partial charge in [-0.15, -0.1) is 0 Å². The molecule has 0 N–H and O–H groups in total. The summed E-state index contributed by atoms with van der Waals surface area (Å²) < 4.78 is 10.7. The van der Waals surface area contributed by atoms with Crippen molar-refractivity contribution < 1.29 is 14.3 Å². The first-order chi connectivity index (χ1) is 5.83. The fraction of sp³-hybridized carbons (Fsp3) is 0.889. The van der Waals surface area contributed by atoms with Crippen LogP contribution in [0.1, 0.15) is 13.3 Å². The SMILES string of the molecule is CCOC1C2CC3C(=O)OC1C32. The number of ether oxygens (including phenoxy) is 2. The molecule has 3 heteroatoms. The standard InChI is InChI=1S/C9H12O3/c1-2-11-7-4-3-5-6(4)8(7)12-9(5)10/h4-8H,2-3H2,1H3. The average Bonchev–Trinajstić information content (AvgIpc) is 2.15. The summed E-state index contributed by atoms with van der Waals surface area (Å²) in [4.78, 5) is 11.1. The lowest BCUT2D eigenvalue weighted by molar-refractivity contribution is -0.199. The number of esters is 1. The van der Waals surface area contributed by atoms with Crippen LogP contribution in [0.15, 0.2) is 0 Å². The molecule has 0 bridgehead atoms. The van der Waals surface area contributed by atoms with E-state index in [9.17, 15) is 4.79 Å². The molecule has 0 aromatic carbocycles. The summed E-state index contributed by atoms with van der Waals surface area (Å²) in [6.07, 6.45) is 1.34. The lowest BCUT2D eigenvalue weighted by Gasteiger charge is -2.54. The van der Waals surface area contributed by atoms with Crippen LogP contribution in [0.25, 0.3) is 0 Å². The Balaban J connectivity index is 1.77. The third-order valence-corrected chi connectivity index (χ3v) is 3.52. The maximum Gasteiger partial charge on any atom is 0.309 e. The Morgan fingerprint density at radius 3 is 3.25 bits per heavy atom. The molecular formula is C9H12O3. The second-order valence-corrected chi connectivity index (χ2v) is 3.90. The molecule has 66 valence electrons. The predicted molar refractivity (Wildman–Crippen MR) is 40.4 cm³/mol. The van der Waals surface area contributed by atoms with E-state index < -0.39 is 0 Å². The molecule has 2 saturated carbocycles. The summed E-state index contributed by atoms with van der Waals surface area (Å²) in [5, 5.41) is 0. The Kier molecular flexibility index (Phi) is 1.16. The molecule has 1 heterocycles. The summed E-state index contributed by atoms with van der Waals surface area (Å²) in [5.74, 6) is 1.40. The molecule has 3 nitrogen and oxygen atoms in total. The monoisotopic (exact) mass is 168 g/mol. The summed E-state index contributed by atoms with van der Waals surface area (Å²) in [5.41, 5.74) is 0. The van der Waals surface area contributed by atoms with Crippen LogP contribution < -0.4 is 0 Å². The molecule has 0 spiro atoms. The van der Waals surface area contributed by atoms with Crippen LogP contribution in [0.3, 0.4) is 0 Å². The van der Waals surface area contributed by atoms with Gasteiger partial charge in [0, 0.05) is 12.5 Å². The zero-order valence-corrected chi connectivity index (χ0v) is 7.03. The molecule has 0 amide bonds. The molecule has 3 fully saturated rings. The van der Waals surface area contributed by atoms with Gasteiger partial charge in [-0.2, -0.15) is 0 Å². The Labute approximate surface area is 71.0 Å². The van der Waals surface area contributed by atoms with Crippen molar-refractivity contribution in [3.05, 3.63) is 0 Å². The van der Waals surface area contributed by atoms with E-state index in [-0.39, 0.29) is 24.1 Å². The minimum atomic E-state index is 0.0171. The van der Waals surface area contributed by atoms with Crippen molar-refractivity contribution in [3.63, 3.8) is 0 Å². The largest absolute Gasteiger partial charge is 0.459 e. The number of hydrogen-bond donors (Lipinski definition) is 0. The van der Waals surface area contributed by atoms with Crippen molar-refractivity contribution >= 4 is 5.97 Å². The first-order valence-corrected chi connectivity index (χ1v) is 4.65. The van der Waals surface area contributed by atoms with Gasteiger partial charge in [0.2, 0.25) is 0 Å². The highest BCUT2D eigenvalue weighted by Crippen LogP contribution is 2.61. The Hall–Kier alpha value is -0.570. The van der Waals surface area contributed by atoms with Crippen LogP contribution in [-0.4, -0.2) is 24.8 Å². The van der Waals surface area contributed by atoms with E-state index in [1.54, 1.807) is 0 Å². The lowest BCUT2D eigenvalue weighted by Crippen LogP contribution is -2.62. The molecule has 0 aromatic heterocycles. The topological polar surface area (TPSA) is 35.5 Å². The maximum absolute atomic E-state index is 11.1. The minimum absolute atomic E-state index is 0.0171. The van der Waals surface area contributed by atoms with E-state index in [2.05, 4.69) is 0 Å². The minimum Gasteiger partial charge on any atom is -0.459 e. The van der Waals surface area contributed by atoms with Crippen molar-refractivity contribution in [2.75, 3.05) is 6.61 Å². The molecule has 0 radical (unpaired) electrons. The van der Waals surface area contributed by atoms with Crippen LogP contribution in [0.4, 0.5) is 0 Å². The normalized spacial score (nSPS) is 53.8. The molecule has 1 aliphatic heterocycles. The molecule has 3 rings (SSSR count). The van der Waals surface area contributed by atoms with E-state index in [0.29, 0.717) is 11.8 Å². The van der Waals surface area contributed by atoms with E-state index >= 15 is 0 Å². The van der Waals surface area contributed by atoms with Crippen LogP contribution in [-0.2, 0) is 14.3 Å². The second kappa shape index (κ2) is 2.02. The number of carbonyl (C=O) groups is 1. The number of hydrogen-bond acceptors (Lipinski definition) is 3. The van der Waals surface area contributed by atoms with Gasteiger partial charge in [-0.1, -0.05) is 0 Å². The van der Waals surface area contributed by atoms with Crippen molar-refractivity contribution in [1.82, 2.24) is 0 Å². The van der Waals surface area contributed by atoms with Crippen LogP contribution in [0.2, 0.25) is 0 Å². The van der Waals surface area contributed by atoms with Gasteiger partial charge in [0.25, 0.3) is 0 Å². The van der Waals surface area contributed by atoms with Crippen LogP contribution >= 0.6 is 0 Å². The van der Waals surface area contributed by atoms with Crippen LogP contribution in [0.5, 0.6) is 0 Å².